The number of nitrogens with one attached hydrogen (secondary N) is 1. The third-order valence-electron chi connectivity index (χ3n) is 11.4. The molecule has 0 saturated carbocycles. The number of aliphatic hydroxyl groups excluding tert-OH is 2. The number of rotatable bonds is 45. The summed E-state index contributed by atoms with van der Waals surface area (Å²) in [5.74, 6) is -0.543. The van der Waals surface area contributed by atoms with Gasteiger partial charge in [-0.3, -0.25) is 9.59 Å². The number of hydrogen-bond donors (Lipinski definition) is 3. The van der Waals surface area contributed by atoms with Crippen molar-refractivity contribution in [2.45, 2.75) is 251 Å². The minimum Gasteiger partial charge on any atom is -0.462 e. The summed E-state index contributed by atoms with van der Waals surface area (Å²) < 4.78 is 5.91. The highest BCUT2D eigenvalue weighted by atomic mass is 16.5. The topological polar surface area (TPSA) is 95.9 Å². The van der Waals surface area contributed by atoms with E-state index in [0.29, 0.717) is 19.3 Å². The first-order valence-corrected chi connectivity index (χ1v) is 25.9. The van der Waals surface area contributed by atoms with Crippen LogP contribution in [0, 0.1) is 0 Å². The summed E-state index contributed by atoms with van der Waals surface area (Å²) in [6, 6.07) is -0.719. The van der Waals surface area contributed by atoms with Crippen molar-refractivity contribution >= 4 is 11.9 Å². The number of allylic oxidation sites excluding steroid dienone is 14. The summed E-state index contributed by atoms with van der Waals surface area (Å²) >= 11 is 0. The van der Waals surface area contributed by atoms with E-state index in [4.69, 9.17) is 4.74 Å². The number of amides is 1. The van der Waals surface area contributed by atoms with Crippen LogP contribution in [-0.4, -0.2) is 46.9 Å². The van der Waals surface area contributed by atoms with Crippen molar-refractivity contribution in [3.8, 4) is 0 Å². The third-order valence-corrected chi connectivity index (χ3v) is 11.4. The van der Waals surface area contributed by atoms with E-state index in [1.165, 1.54) is 103 Å². The van der Waals surface area contributed by atoms with Crippen LogP contribution in [0.2, 0.25) is 0 Å². The molecular weight excluding hydrogens is 767 g/mol. The van der Waals surface area contributed by atoms with Gasteiger partial charge in [0.05, 0.1) is 25.2 Å². The molecule has 3 atom stereocenters. The van der Waals surface area contributed by atoms with E-state index in [2.05, 4.69) is 56.5 Å². The fourth-order valence-corrected chi connectivity index (χ4v) is 7.46. The van der Waals surface area contributed by atoms with Gasteiger partial charge in [-0.2, -0.15) is 0 Å². The number of aliphatic hydroxyl groups is 2. The number of esters is 1. The molecular formula is C56H97NO5. The Kier molecular flexibility index (Phi) is 46.7. The van der Waals surface area contributed by atoms with Crippen molar-refractivity contribution in [1.29, 1.82) is 0 Å². The van der Waals surface area contributed by atoms with E-state index < -0.39 is 18.2 Å². The first-order chi connectivity index (χ1) is 30.5. The number of unbranched alkanes of at least 4 members (excludes halogenated alkanes) is 24. The summed E-state index contributed by atoms with van der Waals surface area (Å²) in [5, 5.41) is 23.7. The van der Waals surface area contributed by atoms with E-state index in [9.17, 15) is 19.8 Å². The van der Waals surface area contributed by atoms with Gasteiger partial charge in [0.15, 0.2) is 0 Å². The van der Waals surface area contributed by atoms with Crippen LogP contribution < -0.4 is 5.32 Å². The zero-order valence-electron chi connectivity index (χ0n) is 40.5. The molecule has 0 fully saturated rings. The van der Waals surface area contributed by atoms with Crippen molar-refractivity contribution in [1.82, 2.24) is 5.32 Å². The molecule has 0 bridgehead atoms. The van der Waals surface area contributed by atoms with Crippen LogP contribution >= 0.6 is 0 Å². The molecule has 0 aromatic rings. The summed E-state index contributed by atoms with van der Waals surface area (Å²) in [6.07, 6.45) is 63.5. The molecule has 0 aromatic heterocycles. The van der Waals surface area contributed by atoms with E-state index in [1.54, 1.807) is 0 Å². The van der Waals surface area contributed by atoms with Crippen molar-refractivity contribution in [2.24, 2.45) is 0 Å². The van der Waals surface area contributed by atoms with Gasteiger partial charge in [-0.25, -0.2) is 0 Å². The SMILES string of the molecule is CC\C=C/C=C/C=C/C=C\C=C\C=C\CCCCCC(=O)OC(CCCCC/C=C/CCCCCCCCC)CC(=O)NC(CO)C(O)CCCCCCCCCCCCCC. The smallest absolute Gasteiger partial charge is 0.306 e. The summed E-state index contributed by atoms with van der Waals surface area (Å²) in [5.41, 5.74) is 0. The lowest BCUT2D eigenvalue weighted by Crippen LogP contribution is -2.46. The Morgan fingerprint density at radius 1 is 0.484 bits per heavy atom. The molecule has 0 heterocycles. The fourth-order valence-electron chi connectivity index (χ4n) is 7.46. The normalized spacial score (nSPS) is 14.0. The molecule has 0 aliphatic carbocycles. The zero-order chi connectivity index (χ0) is 45.2. The monoisotopic (exact) mass is 864 g/mol. The number of carbonyl (C=O) groups is 2. The average molecular weight is 864 g/mol. The lowest BCUT2D eigenvalue weighted by molar-refractivity contribution is -0.151. The number of carbonyl (C=O) groups excluding carboxylic acids is 2. The molecule has 0 rings (SSSR count). The second-order valence-corrected chi connectivity index (χ2v) is 17.3. The fraction of sp³-hybridized carbons (Fsp3) is 0.714. The second-order valence-electron chi connectivity index (χ2n) is 17.3. The van der Waals surface area contributed by atoms with Crippen molar-refractivity contribution in [3.63, 3.8) is 0 Å². The van der Waals surface area contributed by atoms with Crippen LogP contribution in [0.4, 0.5) is 0 Å². The molecule has 0 aliphatic heterocycles. The molecule has 6 nitrogen and oxygen atoms in total. The molecule has 0 spiro atoms. The van der Waals surface area contributed by atoms with Crippen molar-refractivity contribution in [3.05, 3.63) is 85.1 Å². The Bertz CT molecular complexity index is 1200. The van der Waals surface area contributed by atoms with Crippen LogP contribution in [-0.2, 0) is 14.3 Å². The Balaban J connectivity index is 4.71. The van der Waals surface area contributed by atoms with Crippen LogP contribution in [0.25, 0.3) is 0 Å². The van der Waals surface area contributed by atoms with Gasteiger partial charge in [-0.05, 0) is 70.6 Å². The highest BCUT2D eigenvalue weighted by Gasteiger charge is 2.24. The Hall–Kier alpha value is -2.96. The summed E-state index contributed by atoms with van der Waals surface area (Å²) in [7, 11) is 0. The maximum absolute atomic E-state index is 13.2. The number of hydrogen-bond acceptors (Lipinski definition) is 5. The molecule has 356 valence electrons. The first kappa shape index (κ1) is 59.0. The van der Waals surface area contributed by atoms with Crippen LogP contribution in [0.15, 0.2) is 85.1 Å². The Morgan fingerprint density at radius 3 is 1.39 bits per heavy atom. The predicted octanol–water partition coefficient (Wildman–Crippen LogP) is 15.6. The summed E-state index contributed by atoms with van der Waals surface area (Å²) in [6.45, 7) is 6.32. The second kappa shape index (κ2) is 49.1. The van der Waals surface area contributed by atoms with Gasteiger partial charge in [0.2, 0.25) is 5.91 Å². The Labute approximate surface area is 383 Å². The van der Waals surface area contributed by atoms with Gasteiger partial charge in [0.1, 0.15) is 6.10 Å². The molecule has 0 radical (unpaired) electrons. The van der Waals surface area contributed by atoms with Crippen molar-refractivity contribution in [2.75, 3.05) is 6.61 Å². The number of ether oxygens (including phenoxy) is 1. The summed E-state index contributed by atoms with van der Waals surface area (Å²) in [4.78, 5) is 26.1. The molecule has 3 unspecified atom stereocenters. The molecule has 0 saturated heterocycles. The predicted molar refractivity (Wildman–Crippen MR) is 268 cm³/mol. The minimum absolute atomic E-state index is 0.0450. The minimum atomic E-state index is -0.803. The van der Waals surface area contributed by atoms with Gasteiger partial charge in [0, 0.05) is 6.42 Å². The van der Waals surface area contributed by atoms with Gasteiger partial charge < -0.3 is 20.3 Å². The van der Waals surface area contributed by atoms with Gasteiger partial charge in [-0.1, -0.05) is 234 Å². The maximum Gasteiger partial charge on any atom is 0.306 e. The van der Waals surface area contributed by atoms with E-state index in [0.717, 1.165) is 83.5 Å². The molecule has 62 heavy (non-hydrogen) atoms. The molecule has 3 N–H and O–H groups in total. The van der Waals surface area contributed by atoms with Crippen LogP contribution in [0.5, 0.6) is 0 Å². The third kappa shape index (κ3) is 43.7. The highest BCUT2D eigenvalue weighted by molar-refractivity contribution is 5.77. The first-order valence-electron chi connectivity index (χ1n) is 25.9. The van der Waals surface area contributed by atoms with E-state index in [-0.39, 0.29) is 24.9 Å². The van der Waals surface area contributed by atoms with Gasteiger partial charge in [0.25, 0.3) is 0 Å². The standard InChI is InChI=1S/C56H97NO5/c1-4-7-10-13-16-19-22-25-27-28-29-31-34-37-40-43-46-49-56(61)62-52(47-44-41-38-35-32-30-26-23-20-17-14-11-8-5-2)50-55(60)57-53(51-58)54(59)48-45-42-39-36-33-24-21-18-15-12-9-6-3/h7,10,13,16,19,22,25,27-32,34,52-54,58-59H,4-6,8-9,11-12,14-15,17-18,20-21,23-24,26,33,35-51H2,1-3H3,(H,57,60)/b10-7-,16-13+,22-19+,27-25-,29-28+,32-30+,34-31+. The van der Waals surface area contributed by atoms with E-state index >= 15 is 0 Å². The average Bonchev–Trinajstić information content (AvgIpc) is 3.26. The molecule has 0 aromatic carbocycles. The largest absolute Gasteiger partial charge is 0.462 e. The highest BCUT2D eigenvalue weighted by Crippen LogP contribution is 2.17. The van der Waals surface area contributed by atoms with E-state index in [1.807, 2.05) is 54.7 Å². The zero-order valence-corrected chi connectivity index (χ0v) is 40.5. The van der Waals surface area contributed by atoms with Gasteiger partial charge in [-0.15, -0.1) is 0 Å². The molecule has 0 aliphatic rings. The lowest BCUT2D eigenvalue weighted by Gasteiger charge is -2.24. The Morgan fingerprint density at radius 2 is 0.887 bits per heavy atom. The van der Waals surface area contributed by atoms with Crippen molar-refractivity contribution < 1.29 is 24.5 Å². The molecule has 1 amide bonds. The van der Waals surface area contributed by atoms with Crippen LogP contribution in [0.1, 0.15) is 233 Å². The molecule has 6 heteroatoms. The lowest BCUT2D eigenvalue weighted by atomic mass is 10.0. The van der Waals surface area contributed by atoms with Gasteiger partial charge >= 0.3 is 5.97 Å². The quantitative estimate of drug-likeness (QED) is 0.0245. The maximum atomic E-state index is 13.2. The van der Waals surface area contributed by atoms with Crippen LogP contribution in [0.3, 0.4) is 0 Å².